The summed E-state index contributed by atoms with van der Waals surface area (Å²) >= 11 is 0. The van der Waals surface area contributed by atoms with E-state index in [1.54, 1.807) is 12.1 Å². The van der Waals surface area contributed by atoms with Crippen LogP contribution in [0.2, 0.25) is 0 Å². The van der Waals surface area contributed by atoms with Crippen LogP contribution >= 0.6 is 0 Å². The fourth-order valence-corrected chi connectivity index (χ4v) is 5.45. The molecular weight excluding hydrogens is 459 g/mol. The van der Waals surface area contributed by atoms with Gasteiger partial charge < -0.3 is 19.2 Å². The number of hydrogen-bond acceptors (Lipinski definition) is 4. The van der Waals surface area contributed by atoms with Crippen LogP contribution in [0, 0.1) is 5.92 Å². The van der Waals surface area contributed by atoms with Crippen molar-refractivity contribution in [2.45, 2.75) is 57.4 Å². The Labute approximate surface area is 201 Å². The maximum absolute atomic E-state index is 13.9. The van der Waals surface area contributed by atoms with Crippen molar-refractivity contribution in [3.05, 3.63) is 77.2 Å². The van der Waals surface area contributed by atoms with Crippen molar-refractivity contribution < 1.29 is 31.9 Å². The third-order valence-electron chi connectivity index (χ3n) is 6.79. The molecule has 1 amide bonds. The van der Waals surface area contributed by atoms with Crippen molar-refractivity contribution in [2.24, 2.45) is 5.92 Å². The van der Waals surface area contributed by atoms with Crippen molar-refractivity contribution >= 4 is 11.6 Å². The highest BCUT2D eigenvalue weighted by molar-refractivity contribution is 6.09. The van der Waals surface area contributed by atoms with E-state index in [1.807, 2.05) is 58.0 Å². The lowest BCUT2D eigenvalue weighted by molar-refractivity contribution is -0.153. The molecule has 0 saturated carbocycles. The Hall–Kier alpha value is -3.42. The summed E-state index contributed by atoms with van der Waals surface area (Å²) in [6.45, 7) is 7.53. The summed E-state index contributed by atoms with van der Waals surface area (Å²) in [5.74, 6) is -0.638. The van der Waals surface area contributed by atoms with E-state index in [-0.39, 0.29) is 24.2 Å². The molecule has 2 aliphatic rings. The average molecular weight is 486 g/mol. The van der Waals surface area contributed by atoms with Gasteiger partial charge in [0.25, 0.3) is 0 Å². The molecule has 8 heteroatoms. The van der Waals surface area contributed by atoms with Gasteiger partial charge in [0.05, 0.1) is 6.10 Å². The summed E-state index contributed by atoms with van der Waals surface area (Å²) in [7, 11) is 0. The zero-order valence-electron chi connectivity index (χ0n) is 19.8. The highest BCUT2D eigenvalue weighted by Crippen LogP contribution is 2.58. The quantitative estimate of drug-likeness (QED) is 0.468. The molecular formula is C27H26F3NO4. The Bertz CT molecular complexity index is 1290. The Morgan fingerprint density at radius 3 is 2.49 bits per heavy atom. The Morgan fingerprint density at radius 1 is 1.06 bits per heavy atom. The number of fused-ring (bicyclic) bond motifs is 4. The molecule has 1 aromatic heterocycles. The standard InChI is InChI=1S/C27H26F3NO4/c1-15(2)33-16-9-11-19-21(13-16)35-25(3,4)22(14-17-10-12-23(34-17)27(28,29)30)26(19)18-7-5-6-8-20(18)31-24(26)32/h5-13,15,22H,14H2,1-4H3,(H,31,32). The first-order chi connectivity index (χ1) is 16.4. The summed E-state index contributed by atoms with van der Waals surface area (Å²) < 4.78 is 57.1. The molecule has 184 valence electrons. The number of benzene rings is 2. The first-order valence-corrected chi connectivity index (χ1v) is 11.5. The topological polar surface area (TPSA) is 60.7 Å². The van der Waals surface area contributed by atoms with Gasteiger partial charge in [0.2, 0.25) is 11.7 Å². The van der Waals surface area contributed by atoms with Crippen LogP contribution in [-0.2, 0) is 22.8 Å². The Morgan fingerprint density at radius 2 is 1.80 bits per heavy atom. The van der Waals surface area contributed by atoms with E-state index in [0.717, 1.165) is 11.6 Å². The Kier molecular flexibility index (Phi) is 5.20. The van der Waals surface area contributed by atoms with Gasteiger partial charge in [0.1, 0.15) is 28.3 Å². The van der Waals surface area contributed by atoms with Crippen LogP contribution in [-0.4, -0.2) is 17.6 Å². The van der Waals surface area contributed by atoms with E-state index in [1.165, 1.54) is 6.07 Å². The van der Waals surface area contributed by atoms with E-state index in [0.29, 0.717) is 22.7 Å². The molecule has 2 unspecified atom stereocenters. The number of para-hydroxylation sites is 1. The molecule has 0 radical (unpaired) electrons. The molecule has 0 fully saturated rings. The lowest BCUT2D eigenvalue weighted by Gasteiger charge is -2.50. The van der Waals surface area contributed by atoms with Crippen LogP contribution in [0.1, 0.15) is 50.3 Å². The van der Waals surface area contributed by atoms with Crippen molar-refractivity contribution in [1.29, 1.82) is 0 Å². The third kappa shape index (κ3) is 3.66. The lowest BCUT2D eigenvalue weighted by atomic mass is 9.58. The fraction of sp³-hybridized carbons (Fsp3) is 0.370. The van der Waals surface area contributed by atoms with Crippen LogP contribution in [0.5, 0.6) is 11.5 Å². The Balaban J connectivity index is 1.71. The second kappa shape index (κ2) is 7.80. The first kappa shape index (κ1) is 23.3. The van der Waals surface area contributed by atoms with Crippen LogP contribution in [0.15, 0.2) is 59.0 Å². The van der Waals surface area contributed by atoms with Gasteiger partial charge in [-0.1, -0.05) is 24.3 Å². The number of hydrogen-bond donors (Lipinski definition) is 1. The number of carbonyl (C=O) groups is 1. The SMILES string of the molecule is CC(C)Oc1ccc2c(c1)OC(C)(C)C(Cc1ccc(C(F)(F)F)o1)C21C(=O)Nc2ccccc21. The smallest absolute Gasteiger partial charge is 0.449 e. The third-order valence-corrected chi connectivity index (χ3v) is 6.79. The number of nitrogens with one attached hydrogen (secondary N) is 1. The number of halogens is 3. The highest BCUT2D eigenvalue weighted by Gasteiger charge is 2.62. The predicted octanol–water partition coefficient (Wildman–Crippen LogP) is 6.35. The molecule has 5 rings (SSSR count). The van der Waals surface area contributed by atoms with Gasteiger partial charge >= 0.3 is 6.18 Å². The highest BCUT2D eigenvalue weighted by atomic mass is 19.4. The summed E-state index contributed by atoms with van der Waals surface area (Å²) in [5, 5.41) is 2.99. The van der Waals surface area contributed by atoms with Gasteiger partial charge in [-0.05, 0) is 57.5 Å². The first-order valence-electron chi connectivity index (χ1n) is 11.5. The maximum Gasteiger partial charge on any atom is 0.449 e. The minimum absolute atomic E-state index is 0.0522. The summed E-state index contributed by atoms with van der Waals surface area (Å²) in [6.07, 6.45) is -4.58. The molecule has 2 atom stereocenters. The molecule has 3 aromatic rings. The molecule has 2 aromatic carbocycles. The minimum atomic E-state index is -4.59. The van der Waals surface area contributed by atoms with Crippen molar-refractivity contribution in [3.8, 4) is 11.5 Å². The van der Waals surface area contributed by atoms with Crippen LogP contribution in [0.25, 0.3) is 0 Å². The number of amides is 1. The van der Waals surface area contributed by atoms with Gasteiger partial charge in [0, 0.05) is 29.7 Å². The maximum atomic E-state index is 13.9. The van der Waals surface area contributed by atoms with E-state index in [9.17, 15) is 18.0 Å². The molecule has 1 spiro atoms. The van der Waals surface area contributed by atoms with Crippen LogP contribution < -0.4 is 14.8 Å². The molecule has 2 aliphatic heterocycles. The van der Waals surface area contributed by atoms with Crippen molar-refractivity contribution in [1.82, 2.24) is 0 Å². The average Bonchev–Trinajstić information content (AvgIpc) is 3.34. The van der Waals surface area contributed by atoms with E-state index in [4.69, 9.17) is 13.9 Å². The normalized spacial score (nSPS) is 22.5. The van der Waals surface area contributed by atoms with Gasteiger partial charge in [-0.25, -0.2) is 0 Å². The number of anilines is 1. The summed E-state index contributed by atoms with van der Waals surface area (Å²) in [5.41, 5.74) is -0.0709. The fourth-order valence-electron chi connectivity index (χ4n) is 5.45. The second-order valence-electron chi connectivity index (χ2n) is 9.86. The molecule has 1 N–H and O–H groups in total. The predicted molar refractivity (Wildman–Crippen MR) is 124 cm³/mol. The largest absolute Gasteiger partial charge is 0.491 e. The van der Waals surface area contributed by atoms with Crippen molar-refractivity contribution in [2.75, 3.05) is 5.32 Å². The molecule has 5 nitrogen and oxygen atoms in total. The minimum Gasteiger partial charge on any atom is -0.491 e. The number of furan rings is 1. The zero-order valence-corrected chi connectivity index (χ0v) is 19.8. The second-order valence-corrected chi connectivity index (χ2v) is 9.86. The lowest BCUT2D eigenvalue weighted by Crippen LogP contribution is -2.58. The van der Waals surface area contributed by atoms with E-state index >= 15 is 0 Å². The number of carbonyl (C=O) groups excluding carboxylic acids is 1. The van der Waals surface area contributed by atoms with Crippen LogP contribution in [0.4, 0.5) is 18.9 Å². The van der Waals surface area contributed by atoms with E-state index < -0.39 is 28.9 Å². The molecule has 0 saturated heterocycles. The van der Waals surface area contributed by atoms with Gasteiger partial charge in [-0.2, -0.15) is 13.2 Å². The molecule has 0 aliphatic carbocycles. The molecule has 3 heterocycles. The number of rotatable bonds is 4. The molecule has 35 heavy (non-hydrogen) atoms. The monoisotopic (exact) mass is 485 g/mol. The van der Waals surface area contributed by atoms with Gasteiger partial charge in [-0.3, -0.25) is 4.79 Å². The number of ether oxygens (including phenoxy) is 2. The molecule has 0 bridgehead atoms. The van der Waals surface area contributed by atoms with Gasteiger partial charge in [-0.15, -0.1) is 0 Å². The van der Waals surface area contributed by atoms with Gasteiger partial charge in [0.15, 0.2) is 0 Å². The van der Waals surface area contributed by atoms with Crippen molar-refractivity contribution in [3.63, 3.8) is 0 Å². The van der Waals surface area contributed by atoms with Crippen LogP contribution in [0.3, 0.4) is 0 Å². The summed E-state index contributed by atoms with van der Waals surface area (Å²) in [6, 6.07) is 15.0. The summed E-state index contributed by atoms with van der Waals surface area (Å²) in [4.78, 5) is 13.9. The van der Waals surface area contributed by atoms with E-state index in [2.05, 4.69) is 5.32 Å². The zero-order chi connectivity index (χ0) is 25.2. The number of alkyl halides is 3.